The van der Waals surface area contributed by atoms with E-state index >= 15 is 0 Å². The van der Waals surface area contributed by atoms with Gasteiger partial charge in [-0.2, -0.15) is 0 Å². The summed E-state index contributed by atoms with van der Waals surface area (Å²) in [6.07, 6.45) is 1.54. The number of carbonyl (C=O) groups excluding carboxylic acids is 1. The Kier molecular flexibility index (Phi) is 4.39. The van der Waals surface area contributed by atoms with Gasteiger partial charge in [0.1, 0.15) is 0 Å². The summed E-state index contributed by atoms with van der Waals surface area (Å²) >= 11 is 0.286. The molecule has 0 spiro atoms. The maximum absolute atomic E-state index is 10.7. The van der Waals surface area contributed by atoms with Crippen molar-refractivity contribution in [3.05, 3.63) is 77.7 Å². The first-order valence-corrected chi connectivity index (χ1v) is 8.67. The molecule has 1 aliphatic heterocycles. The van der Waals surface area contributed by atoms with Crippen molar-refractivity contribution in [1.29, 1.82) is 0 Å². The van der Waals surface area contributed by atoms with Crippen LogP contribution in [-0.2, 0) is 19.6 Å². The number of rotatable bonds is 5. The summed E-state index contributed by atoms with van der Waals surface area (Å²) in [6.45, 7) is 0. The van der Waals surface area contributed by atoms with Gasteiger partial charge in [-0.25, -0.2) is 0 Å². The molecule has 0 aliphatic carbocycles. The second-order valence-electron chi connectivity index (χ2n) is 4.54. The summed E-state index contributed by atoms with van der Waals surface area (Å²) in [5.41, 5.74) is 2.33. The maximum atomic E-state index is 10.7. The Bertz CT molecular complexity index is 652. The molecule has 0 saturated heterocycles. The van der Waals surface area contributed by atoms with Gasteiger partial charge >= 0.3 is 129 Å². The van der Waals surface area contributed by atoms with Gasteiger partial charge in [0.05, 0.1) is 0 Å². The first kappa shape index (κ1) is 13.9. The molecule has 106 valence electrons. The molecule has 1 heterocycles. The van der Waals surface area contributed by atoms with Gasteiger partial charge < -0.3 is 0 Å². The fourth-order valence-electron chi connectivity index (χ4n) is 2.04. The summed E-state index contributed by atoms with van der Waals surface area (Å²) in [5.74, 6) is 0.241. The van der Waals surface area contributed by atoms with Gasteiger partial charge in [-0.3, -0.25) is 0 Å². The fourth-order valence-corrected chi connectivity index (χ4v) is 4.18. The molecule has 1 aliphatic rings. The van der Waals surface area contributed by atoms with Crippen LogP contribution in [0.5, 0.6) is 0 Å². The molecule has 0 N–H and O–H groups in total. The van der Waals surface area contributed by atoms with Crippen LogP contribution >= 0.6 is 0 Å². The third-order valence-corrected chi connectivity index (χ3v) is 5.51. The van der Waals surface area contributed by atoms with Crippen molar-refractivity contribution in [3.8, 4) is 0 Å². The number of allylic oxidation sites excluding steroid dienone is 1. The molecule has 3 rings (SSSR count). The van der Waals surface area contributed by atoms with Crippen molar-refractivity contribution in [2.24, 2.45) is 0 Å². The number of hydrogen-bond acceptors (Lipinski definition) is 3. The summed E-state index contributed by atoms with van der Waals surface area (Å²) in [4.78, 5) is 10.7. The number of benzene rings is 2. The number of aldehydes is 1. The van der Waals surface area contributed by atoms with Crippen molar-refractivity contribution in [3.63, 3.8) is 0 Å². The minimum atomic E-state index is -0.501. The topological polar surface area (TPSA) is 35.5 Å². The molecule has 2 aromatic rings. The van der Waals surface area contributed by atoms with Crippen LogP contribution in [0.4, 0.5) is 0 Å². The predicted molar refractivity (Wildman–Crippen MR) is 81.0 cm³/mol. The van der Waals surface area contributed by atoms with Crippen LogP contribution in [0.2, 0.25) is 0 Å². The Labute approximate surface area is 129 Å². The Morgan fingerprint density at radius 1 is 1.05 bits per heavy atom. The van der Waals surface area contributed by atoms with Crippen molar-refractivity contribution >= 4 is 25.7 Å². The normalized spacial score (nSPS) is 16.8. The van der Waals surface area contributed by atoms with Crippen molar-refractivity contribution in [1.82, 2.24) is 0 Å². The number of hydrogen-bond donors (Lipinski definition) is 0. The van der Waals surface area contributed by atoms with Gasteiger partial charge in [0.25, 0.3) is 0 Å². The fraction of sp³-hybridized carbons (Fsp3) is 0.118. The van der Waals surface area contributed by atoms with E-state index in [4.69, 9.17) is 9.47 Å². The number of carbonyl (C=O) groups is 1. The van der Waals surface area contributed by atoms with E-state index in [1.165, 1.54) is 16.3 Å². The van der Waals surface area contributed by atoms with Crippen LogP contribution in [0.25, 0.3) is 0 Å². The first-order chi connectivity index (χ1) is 10.4. The molecule has 0 saturated carbocycles. The van der Waals surface area contributed by atoms with E-state index in [1.54, 1.807) is 0 Å². The van der Waals surface area contributed by atoms with Crippen LogP contribution in [0, 0.1) is 0 Å². The second-order valence-corrected chi connectivity index (χ2v) is 6.67. The molecule has 3 nitrogen and oxygen atoms in total. The molecule has 1 unspecified atom stereocenters. The molecule has 1 atom stereocenters. The van der Waals surface area contributed by atoms with Crippen LogP contribution in [0.1, 0.15) is 17.4 Å². The van der Waals surface area contributed by atoms with Crippen LogP contribution in [0.15, 0.2) is 66.6 Å². The zero-order valence-electron chi connectivity index (χ0n) is 11.3. The summed E-state index contributed by atoms with van der Waals surface area (Å²) < 4.78 is 12.1. The van der Waals surface area contributed by atoms with Crippen LogP contribution in [-0.4, -0.2) is 21.2 Å². The van der Waals surface area contributed by atoms with E-state index in [2.05, 4.69) is 30.3 Å². The first-order valence-electron chi connectivity index (χ1n) is 6.60. The molecule has 2 aromatic carbocycles. The van der Waals surface area contributed by atoms with E-state index < -0.39 is 6.29 Å². The second kappa shape index (κ2) is 6.61. The molecule has 0 fully saturated rings. The molecular formula is C17H14O3Se. The van der Waals surface area contributed by atoms with E-state index in [9.17, 15) is 4.79 Å². The zero-order chi connectivity index (χ0) is 14.5. The molecule has 21 heavy (non-hydrogen) atoms. The Balaban J connectivity index is 1.73. The van der Waals surface area contributed by atoms with Gasteiger partial charge in [0.15, 0.2) is 0 Å². The van der Waals surface area contributed by atoms with Gasteiger partial charge in [-0.05, 0) is 0 Å². The Morgan fingerprint density at radius 2 is 1.81 bits per heavy atom. The standard InChI is InChI=1S/C17H14O3Se/c18-10-14-11-19-17(20-14)15-8-4-5-9-16(15)21-12-13-6-2-1-3-7-13/h1-11,17H,12H2. The van der Waals surface area contributed by atoms with E-state index in [0.717, 1.165) is 10.9 Å². The molecule has 4 heteroatoms. The van der Waals surface area contributed by atoms with E-state index in [-0.39, 0.29) is 20.7 Å². The molecule has 0 amide bonds. The SMILES string of the molecule is O=CC1=COC(c2ccccc2[Se]Cc2ccccc2)O1. The monoisotopic (exact) mass is 346 g/mol. The average molecular weight is 345 g/mol. The molecule has 0 bridgehead atoms. The van der Waals surface area contributed by atoms with Crippen molar-refractivity contribution < 1.29 is 14.3 Å². The molecular weight excluding hydrogens is 331 g/mol. The van der Waals surface area contributed by atoms with Crippen molar-refractivity contribution in [2.75, 3.05) is 0 Å². The van der Waals surface area contributed by atoms with Gasteiger partial charge in [0, 0.05) is 0 Å². The van der Waals surface area contributed by atoms with Crippen LogP contribution in [0.3, 0.4) is 0 Å². The van der Waals surface area contributed by atoms with Crippen LogP contribution < -0.4 is 4.46 Å². The van der Waals surface area contributed by atoms with E-state index in [1.807, 2.05) is 24.3 Å². The Hall–Kier alpha value is -2.03. The zero-order valence-corrected chi connectivity index (χ0v) is 13.0. The predicted octanol–water partition coefficient (Wildman–Crippen LogP) is 2.30. The summed E-state index contributed by atoms with van der Waals surface area (Å²) in [7, 11) is 0. The quantitative estimate of drug-likeness (QED) is 0.616. The summed E-state index contributed by atoms with van der Waals surface area (Å²) in [5, 5.41) is 1.02. The van der Waals surface area contributed by atoms with Gasteiger partial charge in [-0.1, -0.05) is 0 Å². The molecule has 0 aromatic heterocycles. The van der Waals surface area contributed by atoms with E-state index in [0.29, 0.717) is 6.29 Å². The van der Waals surface area contributed by atoms with Gasteiger partial charge in [-0.15, -0.1) is 0 Å². The van der Waals surface area contributed by atoms with Gasteiger partial charge in [0.2, 0.25) is 0 Å². The minimum absolute atomic E-state index is 0.241. The average Bonchev–Trinajstić information content (AvgIpc) is 3.03. The third kappa shape index (κ3) is 3.35. The Morgan fingerprint density at radius 3 is 2.57 bits per heavy atom. The third-order valence-electron chi connectivity index (χ3n) is 3.08. The number of ether oxygens (including phenoxy) is 2. The van der Waals surface area contributed by atoms with Crippen molar-refractivity contribution in [2.45, 2.75) is 11.6 Å². The summed E-state index contributed by atoms with van der Waals surface area (Å²) in [6, 6.07) is 18.5. The molecule has 0 radical (unpaired) electrons.